The van der Waals surface area contributed by atoms with Gasteiger partial charge in [-0.05, 0) is 30.2 Å². The Morgan fingerprint density at radius 1 is 1.18 bits per heavy atom. The van der Waals surface area contributed by atoms with E-state index in [2.05, 4.69) is 10.0 Å². The van der Waals surface area contributed by atoms with E-state index < -0.39 is 0 Å². The maximum Gasteiger partial charge on any atom is 0.257 e. The number of hydrogen-bond acceptors (Lipinski definition) is 4. The molecule has 1 fully saturated rings. The molecule has 0 spiro atoms. The van der Waals surface area contributed by atoms with Crippen LogP contribution in [0, 0.1) is 12.7 Å². The molecule has 0 bridgehead atoms. The summed E-state index contributed by atoms with van der Waals surface area (Å²) >= 11 is 0. The van der Waals surface area contributed by atoms with Gasteiger partial charge in [0.2, 0.25) is 0 Å². The van der Waals surface area contributed by atoms with Crippen LogP contribution >= 0.6 is 0 Å². The quantitative estimate of drug-likeness (QED) is 0.817. The minimum Gasteiger partial charge on any atom is -0.379 e. The number of rotatable bonds is 4. The van der Waals surface area contributed by atoms with E-state index in [1.807, 2.05) is 37.3 Å². The van der Waals surface area contributed by atoms with Crippen LogP contribution in [0.1, 0.15) is 29.2 Å². The summed E-state index contributed by atoms with van der Waals surface area (Å²) in [6, 6.07) is 14.3. The summed E-state index contributed by atoms with van der Waals surface area (Å²) in [5, 5.41) is 6.20. The summed E-state index contributed by atoms with van der Waals surface area (Å²) in [5.41, 5.74) is 3.78. The molecular formula is C22H24FN3O2. The average molecular weight is 381 g/mol. The number of ether oxygens (including phenoxy) is 1. The van der Waals surface area contributed by atoms with Crippen LogP contribution in [-0.2, 0) is 9.53 Å². The first-order valence-corrected chi connectivity index (χ1v) is 9.62. The molecule has 146 valence electrons. The molecular weight excluding hydrogens is 357 g/mol. The standard InChI is InChI=1S/C22H24FN3O2/c1-16-5-7-17(8-6-16)20-14-21(18-3-2-4-19(23)13-18)26(24-20)22(27)15-25-9-11-28-12-10-25/h2-8,13,21H,9-12,14-15H2,1H3. The van der Waals surface area contributed by atoms with Crippen molar-refractivity contribution < 1.29 is 13.9 Å². The predicted molar refractivity (Wildman–Crippen MR) is 106 cm³/mol. The molecule has 5 nitrogen and oxygen atoms in total. The zero-order valence-corrected chi connectivity index (χ0v) is 16.0. The van der Waals surface area contributed by atoms with E-state index in [0.29, 0.717) is 26.2 Å². The van der Waals surface area contributed by atoms with E-state index in [-0.39, 0.29) is 17.8 Å². The monoisotopic (exact) mass is 381 g/mol. The van der Waals surface area contributed by atoms with Gasteiger partial charge in [0.05, 0.1) is 31.5 Å². The van der Waals surface area contributed by atoms with Crippen molar-refractivity contribution in [3.05, 3.63) is 71.0 Å². The molecule has 1 amide bonds. The molecule has 2 aliphatic rings. The Balaban J connectivity index is 1.60. The summed E-state index contributed by atoms with van der Waals surface area (Å²) in [4.78, 5) is 15.1. The first-order valence-electron chi connectivity index (χ1n) is 9.62. The van der Waals surface area contributed by atoms with Gasteiger partial charge in [-0.25, -0.2) is 9.40 Å². The second kappa shape index (κ2) is 8.20. The highest BCUT2D eigenvalue weighted by Crippen LogP contribution is 2.33. The minimum atomic E-state index is -0.304. The molecule has 0 saturated carbocycles. The molecule has 6 heteroatoms. The van der Waals surface area contributed by atoms with Crippen LogP contribution in [0.15, 0.2) is 53.6 Å². The van der Waals surface area contributed by atoms with Crippen LogP contribution in [0.25, 0.3) is 0 Å². The SMILES string of the molecule is Cc1ccc(C2=NN(C(=O)CN3CCOCC3)C(c3cccc(F)c3)C2)cc1. The molecule has 2 heterocycles. The number of aryl methyl sites for hydroxylation is 1. The summed E-state index contributed by atoms with van der Waals surface area (Å²) in [6.45, 7) is 5.07. The van der Waals surface area contributed by atoms with Gasteiger partial charge >= 0.3 is 0 Å². The third-order valence-corrected chi connectivity index (χ3v) is 5.25. The molecule has 0 radical (unpaired) electrons. The molecule has 1 saturated heterocycles. The van der Waals surface area contributed by atoms with Crippen LogP contribution in [0.2, 0.25) is 0 Å². The molecule has 1 unspecified atom stereocenters. The van der Waals surface area contributed by atoms with Crippen molar-refractivity contribution in [3.8, 4) is 0 Å². The molecule has 1 atom stereocenters. The molecule has 0 aromatic heterocycles. The van der Waals surface area contributed by atoms with Crippen LogP contribution < -0.4 is 0 Å². The van der Waals surface area contributed by atoms with Crippen molar-refractivity contribution in [1.29, 1.82) is 0 Å². The number of hydrogen-bond donors (Lipinski definition) is 0. The topological polar surface area (TPSA) is 45.1 Å². The number of hydrazone groups is 1. The molecule has 2 aromatic carbocycles. The maximum atomic E-state index is 13.8. The third kappa shape index (κ3) is 4.13. The van der Waals surface area contributed by atoms with Gasteiger partial charge in [0.25, 0.3) is 5.91 Å². The smallest absolute Gasteiger partial charge is 0.257 e. The van der Waals surface area contributed by atoms with Gasteiger partial charge in [-0.3, -0.25) is 9.69 Å². The number of carbonyl (C=O) groups excluding carboxylic acids is 1. The van der Waals surface area contributed by atoms with Crippen molar-refractivity contribution >= 4 is 11.6 Å². The Morgan fingerprint density at radius 3 is 2.64 bits per heavy atom. The van der Waals surface area contributed by atoms with Gasteiger partial charge in [0.15, 0.2) is 0 Å². The second-order valence-electron chi connectivity index (χ2n) is 7.31. The highest BCUT2D eigenvalue weighted by atomic mass is 19.1. The van der Waals surface area contributed by atoms with E-state index >= 15 is 0 Å². The fourth-order valence-corrected chi connectivity index (χ4v) is 3.66. The van der Waals surface area contributed by atoms with Gasteiger partial charge in [0, 0.05) is 19.5 Å². The molecule has 4 rings (SSSR count). The molecule has 0 aliphatic carbocycles. The first kappa shape index (κ1) is 18.8. The van der Waals surface area contributed by atoms with E-state index in [4.69, 9.17) is 4.74 Å². The highest BCUT2D eigenvalue weighted by Gasteiger charge is 2.34. The average Bonchev–Trinajstić information content (AvgIpc) is 3.15. The molecule has 28 heavy (non-hydrogen) atoms. The highest BCUT2D eigenvalue weighted by molar-refractivity contribution is 6.03. The maximum absolute atomic E-state index is 13.8. The Labute approximate surface area is 164 Å². The van der Waals surface area contributed by atoms with E-state index in [9.17, 15) is 9.18 Å². The lowest BCUT2D eigenvalue weighted by atomic mass is 9.98. The fourth-order valence-electron chi connectivity index (χ4n) is 3.66. The van der Waals surface area contributed by atoms with Crippen LogP contribution in [0.4, 0.5) is 4.39 Å². The molecule has 2 aliphatic heterocycles. The van der Waals surface area contributed by atoms with Crippen LogP contribution in [-0.4, -0.2) is 54.4 Å². The van der Waals surface area contributed by atoms with Gasteiger partial charge in [0.1, 0.15) is 5.82 Å². The van der Waals surface area contributed by atoms with Gasteiger partial charge < -0.3 is 4.74 Å². The summed E-state index contributed by atoms with van der Waals surface area (Å²) in [5.74, 6) is -0.375. The number of nitrogens with zero attached hydrogens (tertiary/aromatic N) is 3. The summed E-state index contributed by atoms with van der Waals surface area (Å²) < 4.78 is 19.2. The van der Waals surface area contributed by atoms with Gasteiger partial charge in [-0.15, -0.1) is 0 Å². The number of carbonyl (C=O) groups is 1. The zero-order valence-electron chi connectivity index (χ0n) is 16.0. The van der Waals surface area contributed by atoms with Crippen molar-refractivity contribution in [2.75, 3.05) is 32.8 Å². The fraction of sp³-hybridized carbons (Fsp3) is 0.364. The first-order chi connectivity index (χ1) is 13.6. The van der Waals surface area contributed by atoms with Crippen LogP contribution in [0.3, 0.4) is 0 Å². The lowest BCUT2D eigenvalue weighted by Crippen LogP contribution is -2.43. The van der Waals surface area contributed by atoms with Crippen molar-refractivity contribution in [2.24, 2.45) is 5.10 Å². The Hall–Kier alpha value is -2.57. The van der Waals surface area contributed by atoms with Gasteiger partial charge in [-0.2, -0.15) is 5.10 Å². The predicted octanol–water partition coefficient (Wildman–Crippen LogP) is 3.14. The number of benzene rings is 2. The Kier molecular flexibility index (Phi) is 5.50. The van der Waals surface area contributed by atoms with E-state index in [0.717, 1.165) is 29.9 Å². The number of amides is 1. The number of morpholine rings is 1. The van der Waals surface area contributed by atoms with Crippen LogP contribution in [0.5, 0.6) is 0 Å². The zero-order chi connectivity index (χ0) is 19.5. The number of halogens is 1. The normalized spacial score (nSPS) is 20.3. The third-order valence-electron chi connectivity index (χ3n) is 5.25. The van der Waals surface area contributed by atoms with E-state index in [1.165, 1.54) is 17.7 Å². The molecule has 2 aromatic rings. The molecule has 0 N–H and O–H groups in total. The minimum absolute atomic E-state index is 0.0710. The Morgan fingerprint density at radius 2 is 1.93 bits per heavy atom. The van der Waals surface area contributed by atoms with Crippen molar-refractivity contribution in [2.45, 2.75) is 19.4 Å². The summed E-state index contributed by atoms with van der Waals surface area (Å²) in [7, 11) is 0. The Bertz CT molecular complexity index is 876. The van der Waals surface area contributed by atoms with Crippen molar-refractivity contribution in [1.82, 2.24) is 9.91 Å². The lowest BCUT2D eigenvalue weighted by Gasteiger charge is -2.29. The second-order valence-corrected chi connectivity index (χ2v) is 7.31. The van der Waals surface area contributed by atoms with Gasteiger partial charge in [-0.1, -0.05) is 42.0 Å². The largest absolute Gasteiger partial charge is 0.379 e. The summed E-state index contributed by atoms with van der Waals surface area (Å²) in [6.07, 6.45) is 0.571. The van der Waals surface area contributed by atoms with E-state index in [1.54, 1.807) is 11.1 Å². The van der Waals surface area contributed by atoms with Crippen molar-refractivity contribution in [3.63, 3.8) is 0 Å². The lowest BCUT2D eigenvalue weighted by molar-refractivity contribution is -0.135.